The molecule has 0 fully saturated rings. The van der Waals surface area contributed by atoms with E-state index in [1.165, 1.54) is 23.1 Å². The van der Waals surface area contributed by atoms with E-state index in [0.29, 0.717) is 34.4 Å². The Morgan fingerprint density at radius 3 is 2.44 bits per heavy atom. The van der Waals surface area contributed by atoms with Crippen LogP contribution >= 0.6 is 34.7 Å². The van der Waals surface area contributed by atoms with Gasteiger partial charge < -0.3 is 15.7 Å². The van der Waals surface area contributed by atoms with Crippen LogP contribution in [-0.4, -0.2) is 33.1 Å². The van der Waals surface area contributed by atoms with E-state index in [-0.39, 0.29) is 17.1 Å². The predicted molar refractivity (Wildman–Crippen MR) is 145 cm³/mol. The Morgan fingerprint density at radius 2 is 1.75 bits per heavy atom. The molecule has 7 nitrogen and oxygen atoms in total. The third-order valence-electron chi connectivity index (χ3n) is 5.77. The largest absolute Gasteiger partial charge is 0.481 e. The third kappa shape index (κ3) is 6.34. The molecule has 3 aromatic rings. The van der Waals surface area contributed by atoms with E-state index in [1.807, 2.05) is 41.8 Å². The minimum atomic E-state index is -0.962. The summed E-state index contributed by atoms with van der Waals surface area (Å²) in [5, 5.41) is 17.6. The van der Waals surface area contributed by atoms with Crippen LogP contribution in [0.1, 0.15) is 19.8 Å². The monoisotopic (exact) mass is 541 g/mol. The predicted octanol–water partition coefficient (Wildman–Crippen LogP) is 6.19. The standard InChI is InChI=1S/C26H24ClN3O4S2/c1-15(23(31)30-26-29-22(14-35-26)20-8-4-5-9-21(20)27)36-17-12-10-16(11-13-17)28-24(32)18-6-2-3-7-19(18)25(33)34/h2-5,8-15,18-19H,6-7H2,1H3,(H,28,32)(H,33,34)(H,29,30,31). The fraction of sp³-hybridized carbons (Fsp3) is 0.231. The molecule has 36 heavy (non-hydrogen) atoms. The molecular weight excluding hydrogens is 518 g/mol. The summed E-state index contributed by atoms with van der Waals surface area (Å²) in [6, 6.07) is 14.5. The Kier molecular flexibility index (Phi) is 8.45. The Balaban J connectivity index is 1.31. The number of carboxylic acid groups (broad SMARTS) is 1. The first-order valence-corrected chi connectivity index (χ1v) is 13.4. The first kappa shape index (κ1) is 25.9. The second kappa shape index (κ2) is 11.7. The fourth-order valence-electron chi connectivity index (χ4n) is 3.82. The van der Waals surface area contributed by atoms with Gasteiger partial charge in [0.05, 0.1) is 22.8 Å². The van der Waals surface area contributed by atoms with Crippen LogP contribution < -0.4 is 10.6 Å². The van der Waals surface area contributed by atoms with Gasteiger partial charge in [-0.1, -0.05) is 42.0 Å². The normalized spacial score (nSPS) is 17.8. The van der Waals surface area contributed by atoms with Crippen LogP contribution in [0.5, 0.6) is 0 Å². The minimum absolute atomic E-state index is 0.178. The second-order valence-corrected chi connectivity index (χ2v) is 11.0. The molecule has 2 aromatic carbocycles. The number of halogens is 1. The van der Waals surface area contributed by atoms with Gasteiger partial charge in [0.2, 0.25) is 11.8 Å². The lowest BCUT2D eigenvalue weighted by molar-refractivity contribution is -0.146. The molecule has 2 amide bonds. The van der Waals surface area contributed by atoms with Crippen molar-refractivity contribution in [3.8, 4) is 11.3 Å². The molecule has 0 radical (unpaired) electrons. The molecule has 0 bridgehead atoms. The summed E-state index contributed by atoms with van der Waals surface area (Å²) in [5.41, 5.74) is 2.09. The number of allylic oxidation sites excluding steroid dienone is 2. The molecule has 10 heteroatoms. The van der Waals surface area contributed by atoms with E-state index in [1.54, 1.807) is 31.2 Å². The van der Waals surface area contributed by atoms with Crippen LogP contribution in [0.3, 0.4) is 0 Å². The van der Waals surface area contributed by atoms with Crippen molar-refractivity contribution >= 4 is 63.3 Å². The zero-order valence-electron chi connectivity index (χ0n) is 19.3. The van der Waals surface area contributed by atoms with Crippen molar-refractivity contribution in [1.82, 2.24) is 4.98 Å². The number of nitrogens with zero attached hydrogens (tertiary/aromatic N) is 1. The first-order chi connectivity index (χ1) is 17.3. The zero-order valence-corrected chi connectivity index (χ0v) is 21.7. The highest BCUT2D eigenvalue weighted by Gasteiger charge is 2.34. The molecule has 3 atom stereocenters. The highest BCUT2D eigenvalue weighted by Crippen LogP contribution is 2.32. The van der Waals surface area contributed by atoms with Crippen molar-refractivity contribution in [3.05, 3.63) is 71.1 Å². The van der Waals surface area contributed by atoms with Gasteiger partial charge in [-0.05, 0) is 50.1 Å². The van der Waals surface area contributed by atoms with Crippen molar-refractivity contribution in [1.29, 1.82) is 0 Å². The third-order valence-corrected chi connectivity index (χ3v) is 7.97. The Morgan fingerprint density at radius 1 is 1.06 bits per heavy atom. The van der Waals surface area contributed by atoms with Crippen LogP contribution in [-0.2, 0) is 14.4 Å². The van der Waals surface area contributed by atoms with Crippen LogP contribution in [0.4, 0.5) is 10.8 Å². The van der Waals surface area contributed by atoms with Crippen LogP contribution in [0.2, 0.25) is 5.02 Å². The molecule has 0 saturated heterocycles. The number of amides is 2. The molecule has 0 spiro atoms. The van der Waals surface area contributed by atoms with Crippen molar-refractivity contribution in [2.45, 2.75) is 29.9 Å². The maximum Gasteiger partial charge on any atom is 0.307 e. The quantitative estimate of drug-likeness (QED) is 0.232. The number of hydrogen-bond acceptors (Lipinski definition) is 6. The number of anilines is 2. The fourth-order valence-corrected chi connectivity index (χ4v) is 5.63. The number of carboxylic acids is 1. The molecular formula is C26H24ClN3O4S2. The Bertz CT molecular complexity index is 1290. The Hall–Kier alpha value is -3.14. The van der Waals surface area contributed by atoms with Gasteiger partial charge in [-0.2, -0.15) is 0 Å². The Labute approximate surface area is 222 Å². The molecule has 186 valence electrons. The van der Waals surface area contributed by atoms with Crippen LogP contribution in [0, 0.1) is 11.8 Å². The van der Waals surface area contributed by atoms with Gasteiger partial charge in [-0.15, -0.1) is 23.1 Å². The molecule has 3 unspecified atom stereocenters. The molecule has 1 aromatic heterocycles. The lowest BCUT2D eigenvalue weighted by atomic mass is 9.82. The summed E-state index contributed by atoms with van der Waals surface area (Å²) >= 11 is 8.95. The molecule has 1 aliphatic rings. The topological polar surface area (TPSA) is 108 Å². The number of carbonyl (C=O) groups excluding carboxylic acids is 2. The summed E-state index contributed by atoms with van der Waals surface area (Å²) in [5.74, 6) is -2.77. The molecule has 1 heterocycles. The SMILES string of the molecule is CC(Sc1ccc(NC(=O)C2CC=CCC2C(=O)O)cc1)C(=O)Nc1nc(-c2ccccc2Cl)cs1. The average molecular weight is 542 g/mol. The van der Waals surface area contributed by atoms with Gasteiger partial charge in [0.25, 0.3) is 0 Å². The number of aliphatic carboxylic acids is 1. The van der Waals surface area contributed by atoms with Gasteiger partial charge in [0.15, 0.2) is 5.13 Å². The number of rotatable bonds is 8. The van der Waals surface area contributed by atoms with Crippen molar-refractivity contribution in [2.75, 3.05) is 10.6 Å². The summed E-state index contributed by atoms with van der Waals surface area (Å²) in [7, 11) is 0. The van der Waals surface area contributed by atoms with E-state index in [2.05, 4.69) is 15.6 Å². The molecule has 3 N–H and O–H groups in total. The van der Waals surface area contributed by atoms with Gasteiger partial charge in [-0.3, -0.25) is 14.4 Å². The van der Waals surface area contributed by atoms with Crippen molar-refractivity contribution in [3.63, 3.8) is 0 Å². The molecule has 0 aliphatic heterocycles. The zero-order chi connectivity index (χ0) is 25.7. The van der Waals surface area contributed by atoms with Gasteiger partial charge in [0.1, 0.15) is 0 Å². The highest BCUT2D eigenvalue weighted by atomic mass is 35.5. The second-order valence-electron chi connectivity index (χ2n) is 8.27. The summed E-state index contributed by atoms with van der Waals surface area (Å²) in [6.07, 6.45) is 4.41. The number of carbonyl (C=O) groups is 3. The number of thiazole rings is 1. The average Bonchev–Trinajstić information content (AvgIpc) is 3.33. The number of thioether (sulfide) groups is 1. The van der Waals surface area contributed by atoms with Gasteiger partial charge >= 0.3 is 5.97 Å². The van der Waals surface area contributed by atoms with Crippen molar-refractivity contribution < 1.29 is 19.5 Å². The molecule has 4 rings (SSSR count). The molecule has 1 aliphatic carbocycles. The van der Waals surface area contributed by atoms with Crippen LogP contribution in [0.25, 0.3) is 11.3 Å². The number of nitrogens with one attached hydrogen (secondary N) is 2. The highest BCUT2D eigenvalue weighted by molar-refractivity contribution is 8.00. The van der Waals surface area contributed by atoms with Gasteiger partial charge in [0, 0.05) is 26.5 Å². The molecule has 0 saturated carbocycles. The number of hydrogen-bond donors (Lipinski definition) is 3. The van der Waals surface area contributed by atoms with E-state index in [9.17, 15) is 19.5 Å². The smallest absolute Gasteiger partial charge is 0.307 e. The van der Waals surface area contributed by atoms with E-state index in [0.717, 1.165) is 10.5 Å². The number of aromatic nitrogens is 1. The summed E-state index contributed by atoms with van der Waals surface area (Å²) in [4.78, 5) is 42.1. The number of benzene rings is 2. The summed E-state index contributed by atoms with van der Waals surface area (Å²) < 4.78 is 0. The lowest BCUT2D eigenvalue weighted by Gasteiger charge is -2.24. The van der Waals surface area contributed by atoms with E-state index in [4.69, 9.17) is 11.6 Å². The van der Waals surface area contributed by atoms with E-state index < -0.39 is 17.8 Å². The van der Waals surface area contributed by atoms with Gasteiger partial charge in [-0.25, -0.2) is 4.98 Å². The van der Waals surface area contributed by atoms with Crippen LogP contribution in [0.15, 0.2) is 71.0 Å². The minimum Gasteiger partial charge on any atom is -0.481 e. The van der Waals surface area contributed by atoms with E-state index >= 15 is 0 Å². The summed E-state index contributed by atoms with van der Waals surface area (Å²) in [6.45, 7) is 1.81. The maximum atomic E-state index is 12.7. The maximum absolute atomic E-state index is 12.7. The van der Waals surface area contributed by atoms with Crippen molar-refractivity contribution in [2.24, 2.45) is 11.8 Å². The lowest BCUT2D eigenvalue weighted by Crippen LogP contribution is -2.34. The first-order valence-electron chi connectivity index (χ1n) is 11.3.